The van der Waals surface area contributed by atoms with E-state index in [0.29, 0.717) is 16.7 Å². The maximum Gasteiger partial charge on any atom is 0.338 e. The maximum atomic E-state index is 12.5. The Morgan fingerprint density at radius 2 is 1.79 bits per heavy atom. The molecule has 0 saturated carbocycles. The highest BCUT2D eigenvalue weighted by atomic mass is 16.7. The van der Waals surface area contributed by atoms with Crippen molar-refractivity contribution in [2.45, 2.75) is 44.8 Å². The normalized spacial score (nSPS) is 24.0. The fraction of sp³-hybridized carbons (Fsp3) is 0.364. The number of aromatic nitrogens is 4. The van der Waals surface area contributed by atoms with Crippen LogP contribution < -0.4 is 5.73 Å². The van der Waals surface area contributed by atoms with Gasteiger partial charge in [0.15, 0.2) is 29.9 Å². The Balaban J connectivity index is 1.70. The Labute approximate surface area is 194 Å². The van der Waals surface area contributed by atoms with Crippen molar-refractivity contribution in [2.24, 2.45) is 0 Å². The third-order valence-electron chi connectivity index (χ3n) is 5.33. The number of ether oxygens (including phenoxy) is 4. The molecule has 0 bridgehead atoms. The molecule has 1 aromatic carbocycles. The van der Waals surface area contributed by atoms with Gasteiger partial charge in [-0.1, -0.05) is 18.2 Å². The highest BCUT2D eigenvalue weighted by Crippen LogP contribution is 2.42. The maximum absolute atomic E-state index is 12.5. The van der Waals surface area contributed by atoms with Gasteiger partial charge in [0.2, 0.25) is 0 Å². The average molecular weight is 469 g/mol. The van der Waals surface area contributed by atoms with Gasteiger partial charge in [0, 0.05) is 13.8 Å². The number of carbonyl (C=O) groups is 3. The topological polar surface area (TPSA) is 158 Å². The molecule has 1 fully saturated rings. The number of carbonyl (C=O) groups excluding carboxylic acids is 3. The summed E-state index contributed by atoms with van der Waals surface area (Å²) in [4.78, 5) is 48.8. The minimum Gasteiger partial charge on any atom is -0.459 e. The van der Waals surface area contributed by atoms with Crippen LogP contribution in [-0.4, -0.2) is 61.8 Å². The van der Waals surface area contributed by atoms with Crippen molar-refractivity contribution in [2.75, 3.05) is 12.3 Å². The number of nitrogens with zero attached hydrogens (tertiary/aromatic N) is 4. The van der Waals surface area contributed by atoms with Crippen LogP contribution in [-0.2, 0) is 28.5 Å². The summed E-state index contributed by atoms with van der Waals surface area (Å²) in [6.07, 6.45) is -0.568. The summed E-state index contributed by atoms with van der Waals surface area (Å²) in [5.41, 5.74) is 5.49. The minimum atomic E-state index is -1.38. The minimum absolute atomic E-state index is 0.155. The number of fused-ring (bicyclic) bond motifs is 1. The van der Waals surface area contributed by atoms with Crippen LogP contribution in [0.5, 0.6) is 0 Å². The van der Waals surface area contributed by atoms with Gasteiger partial charge in [0.05, 0.1) is 11.9 Å². The summed E-state index contributed by atoms with van der Waals surface area (Å²) in [6.45, 7) is 3.74. The molecule has 0 spiro atoms. The second-order valence-corrected chi connectivity index (χ2v) is 7.95. The van der Waals surface area contributed by atoms with Crippen LogP contribution in [0.1, 0.15) is 37.4 Å². The number of nitrogen functional groups attached to an aromatic ring is 1. The molecule has 34 heavy (non-hydrogen) atoms. The summed E-state index contributed by atoms with van der Waals surface area (Å²) in [5.74, 6) is -1.69. The molecule has 2 N–H and O–H groups in total. The summed E-state index contributed by atoms with van der Waals surface area (Å²) in [5, 5.41) is 0. The van der Waals surface area contributed by atoms with Gasteiger partial charge in [-0.3, -0.25) is 14.2 Å². The summed E-state index contributed by atoms with van der Waals surface area (Å²) >= 11 is 0. The van der Waals surface area contributed by atoms with E-state index in [1.54, 1.807) is 37.3 Å². The number of benzene rings is 1. The third kappa shape index (κ3) is 4.39. The SMILES string of the molecule is CC(=O)O[C@H]1[C@H](n2cnc3c(N)ncnc32)O[C@](C)(COC(=O)c2ccccc2)[C@H]1OC(C)=O. The molecule has 2 aromatic heterocycles. The summed E-state index contributed by atoms with van der Waals surface area (Å²) in [7, 11) is 0. The molecule has 1 saturated heterocycles. The molecule has 178 valence electrons. The first-order valence-corrected chi connectivity index (χ1v) is 10.4. The lowest BCUT2D eigenvalue weighted by Crippen LogP contribution is -2.48. The fourth-order valence-electron chi connectivity index (χ4n) is 3.84. The Morgan fingerprint density at radius 1 is 1.09 bits per heavy atom. The predicted octanol–water partition coefficient (Wildman–Crippen LogP) is 1.42. The van der Waals surface area contributed by atoms with E-state index in [0.717, 1.165) is 0 Å². The molecule has 1 aliphatic rings. The number of anilines is 1. The van der Waals surface area contributed by atoms with Gasteiger partial charge in [-0.05, 0) is 19.1 Å². The van der Waals surface area contributed by atoms with Crippen LogP contribution >= 0.6 is 0 Å². The van der Waals surface area contributed by atoms with E-state index in [-0.39, 0.29) is 12.4 Å². The number of imidazole rings is 1. The number of hydrogen-bond donors (Lipinski definition) is 1. The molecular formula is C22H23N5O7. The van der Waals surface area contributed by atoms with Gasteiger partial charge < -0.3 is 24.7 Å². The van der Waals surface area contributed by atoms with E-state index in [4.69, 9.17) is 24.7 Å². The van der Waals surface area contributed by atoms with Gasteiger partial charge in [-0.25, -0.2) is 19.7 Å². The number of hydrogen-bond acceptors (Lipinski definition) is 11. The van der Waals surface area contributed by atoms with Crippen LogP contribution in [0, 0.1) is 0 Å². The first-order chi connectivity index (χ1) is 16.2. The van der Waals surface area contributed by atoms with Gasteiger partial charge in [0.1, 0.15) is 24.1 Å². The van der Waals surface area contributed by atoms with E-state index in [2.05, 4.69) is 15.0 Å². The lowest BCUT2D eigenvalue weighted by atomic mass is 9.97. The van der Waals surface area contributed by atoms with E-state index >= 15 is 0 Å². The van der Waals surface area contributed by atoms with Crippen molar-refractivity contribution in [3.63, 3.8) is 0 Å². The zero-order valence-corrected chi connectivity index (χ0v) is 18.7. The molecule has 0 unspecified atom stereocenters. The molecule has 1 aliphatic heterocycles. The van der Waals surface area contributed by atoms with Crippen LogP contribution in [0.2, 0.25) is 0 Å². The number of rotatable bonds is 6. The van der Waals surface area contributed by atoms with Crippen LogP contribution in [0.3, 0.4) is 0 Å². The van der Waals surface area contributed by atoms with E-state index in [1.165, 1.54) is 31.1 Å². The van der Waals surface area contributed by atoms with Crippen molar-refractivity contribution in [1.82, 2.24) is 19.5 Å². The molecule has 3 aromatic rings. The quantitative estimate of drug-likeness (QED) is 0.411. The zero-order valence-electron chi connectivity index (χ0n) is 18.7. The molecule has 3 heterocycles. The highest BCUT2D eigenvalue weighted by Gasteiger charge is 2.58. The smallest absolute Gasteiger partial charge is 0.338 e. The predicted molar refractivity (Wildman–Crippen MR) is 116 cm³/mol. The number of nitrogens with two attached hydrogens (primary N) is 1. The van der Waals surface area contributed by atoms with Crippen molar-refractivity contribution >= 4 is 34.9 Å². The number of esters is 3. The van der Waals surface area contributed by atoms with Crippen LogP contribution in [0.15, 0.2) is 43.0 Å². The van der Waals surface area contributed by atoms with Gasteiger partial charge in [0.25, 0.3) is 0 Å². The van der Waals surface area contributed by atoms with E-state index < -0.39 is 41.9 Å². The molecule has 0 aliphatic carbocycles. The Bertz CT molecular complexity index is 1230. The molecule has 4 atom stereocenters. The zero-order chi connectivity index (χ0) is 24.5. The molecule has 0 amide bonds. The van der Waals surface area contributed by atoms with Crippen LogP contribution in [0.4, 0.5) is 5.82 Å². The first kappa shape index (κ1) is 23.1. The first-order valence-electron chi connectivity index (χ1n) is 10.4. The van der Waals surface area contributed by atoms with Crippen molar-refractivity contribution in [3.05, 3.63) is 48.5 Å². The monoisotopic (exact) mass is 469 g/mol. The fourth-order valence-corrected chi connectivity index (χ4v) is 3.84. The van der Waals surface area contributed by atoms with Crippen molar-refractivity contribution in [1.29, 1.82) is 0 Å². The lowest BCUT2D eigenvalue weighted by Gasteiger charge is -2.30. The van der Waals surface area contributed by atoms with E-state index in [9.17, 15) is 14.4 Å². The Hall–Kier alpha value is -4.06. The highest BCUT2D eigenvalue weighted by molar-refractivity contribution is 5.89. The van der Waals surface area contributed by atoms with E-state index in [1.807, 2.05) is 0 Å². The standard InChI is InChI=1S/C22H23N5O7/c1-12(28)32-16-17(33-13(2)29)22(3,9-31-21(30)14-7-5-4-6-8-14)34-20(16)27-11-26-15-18(23)24-10-25-19(15)27/h4-8,10-11,16-17,20H,9H2,1-3H3,(H2,23,24,25)/t16-,17+,20-,22-/m1/s1. The van der Waals surface area contributed by atoms with Gasteiger partial charge in [-0.15, -0.1) is 0 Å². The Kier molecular flexibility index (Phi) is 6.16. The van der Waals surface area contributed by atoms with Crippen LogP contribution in [0.25, 0.3) is 11.2 Å². The summed E-state index contributed by atoms with van der Waals surface area (Å²) in [6, 6.07) is 8.40. The third-order valence-corrected chi connectivity index (χ3v) is 5.33. The van der Waals surface area contributed by atoms with Crippen molar-refractivity contribution in [3.8, 4) is 0 Å². The van der Waals surface area contributed by atoms with Gasteiger partial charge >= 0.3 is 17.9 Å². The van der Waals surface area contributed by atoms with Gasteiger partial charge in [-0.2, -0.15) is 0 Å². The van der Waals surface area contributed by atoms with Crippen molar-refractivity contribution < 1.29 is 33.3 Å². The second kappa shape index (κ2) is 9.06. The lowest BCUT2D eigenvalue weighted by molar-refractivity contribution is -0.169. The summed E-state index contributed by atoms with van der Waals surface area (Å²) < 4.78 is 24.3. The molecule has 12 heteroatoms. The molecule has 12 nitrogen and oxygen atoms in total. The Morgan fingerprint density at radius 3 is 2.47 bits per heavy atom. The molecule has 0 radical (unpaired) electrons. The molecule has 4 rings (SSSR count). The largest absolute Gasteiger partial charge is 0.459 e. The molecular weight excluding hydrogens is 446 g/mol. The average Bonchev–Trinajstić information content (AvgIpc) is 3.33. The second-order valence-electron chi connectivity index (χ2n) is 7.95.